The number of nitrogens with one attached hydrogen (secondary N) is 1. The van der Waals surface area contributed by atoms with Gasteiger partial charge in [0.1, 0.15) is 16.3 Å². The van der Waals surface area contributed by atoms with Gasteiger partial charge in [-0.3, -0.25) is 4.79 Å². The summed E-state index contributed by atoms with van der Waals surface area (Å²) in [5.74, 6) is 0.339. The molecule has 2 aromatic heterocycles. The number of primary amides is 1. The number of ether oxygens (including phenoxy) is 1. The topological polar surface area (TPSA) is 68.1 Å². The third-order valence-electron chi connectivity index (χ3n) is 2.88. The van der Waals surface area contributed by atoms with Crippen molar-refractivity contribution in [2.45, 2.75) is 9.79 Å². The molecule has 4 nitrogen and oxygen atoms in total. The van der Waals surface area contributed by atoms with Crippen molar-refractivity contribution >= 4 is 39.2 Å². The summed E-state index contributed by atoms with van der Waals surface area (Å²) in [6.07, 6.45) is 0. The first kappa shape index (κ1) is 13.1. The number of rotatable bonds is 4. The Bertz CT molecular complexity index is 776. The molecule has 0 fully saturated rings. The molecule has 102 valence electrons. The van der Waals surface area contributed by atoms with Crippen molar-refractivity contribution in [2.75, 3.05) is 7.11 Å². The van der Waals surface area contributed by atoms with Gasteiger partial charge in [-0.05, 0) is 29.6 Å². The molecule has 0 saturated heterocycles. The van der Waals surface area contributed by atoms with Gasteiger partial charge in [0.15, 0.2) is 0 Å². The number of hydrogen-bond acceptors (Lipinski definition) is 4. The van der Waals surface area contributed by atoms with Crippen molar-refractivity contribution in [3.8, 4) is 5.75 Å². The number of carbonyl (C=O) groups is 1. The lowest BCUT2D eigenvalue weighted by atomic mass is 10.3. The summed E-state index contributed by atoms with van der Waals surface area (Å²) in [5.41, 5.74) is 5.90. The third kappa shape index (κ3) is 2.28. The number of fused-ring (bicyclic) bond motifs is 1. The van der Waals surface area contributed by atoms with Crippen LogP contribution in [0.1, 0.15) is 10.5 Å². The average Bonchev–Trinajstić information content (AvgIpc) is 3.01. The summed E-state index contributed by atoms with van der Waals surface area (Å²) in [7, 11) is 1.63. The number of nitrogens with two attached hydrogens (primary N) is 1. The average molecular weight is 304 g/mol. The SMILES string of the molecule is COc1cccc(Sc2c(C(N)=O)[nH]c3sccc23)c1. The van der Waals surface area contributed by atoms with Crippen LogP contribution in [-0.2, 0) is 0 Å². The lowest BCUT2D eigenvalue weighted by Gasteiger charge is -2.04. The molecule has 3 rings (SSSR count). The monoisotopic (exact) mass is 304 g/mol. The first-order chi connectivity index (χ1) is 9.69. The first-order valence-corrected chi connectivity index (χ1v) is 7.59. The van der Waals surface area contributed by atoms with E-state index >= 15 is 0 Å². The second kappa shape index (κ2) is 5.22. The molecule has 0 bridgehead atoms. The number of methoxy groups -OCH3 is 1. The van der Waals surface area contributed by atoms with E-state index < -0.39 is 5.91 Å². The second-order valence-electron chi connectivity index (χ2n) is 4.14. The number of benzene rings is 1. The van der Waals surface area contributed by atoms with Gasteiger partial charge >= 0.3 is 0 Å². The van der Waals surface area contributed by atoms with Crippen molar-refractivity contribution in [2.24, 2.45) is 5.73 Å². The van der Waals surface area contributed by atoms with Gasteiger partial charge in [0.25, 0.3) is 5.91 Å². The number of aromatic amines is 1. The number of hydrogen-bond donors (Lipinski definition) is 2. The standard InChI is InChI=1S/C14H12N2O2S2/c1-18-8-3-2-4-9(7-8)20-12-10-5-6-19-14(10)16-11(12)13(15)17/h2-7,16H,1H3,(H2,15,17). The highest BCUT2D eigenvalue weighted by molar-refractivity contribution is 7.99. The second-order valence-corrected chi connectivity index (χ2v) is 6.14. The van der Waals surface area contributed by atoms with Crippen LogP contribution in [0.3, 0.4) is 0 Å². The zero-order valence-corrected chi connectivity index (χ0v) is 12.3. The van der Waals surface area contributed by atoms with Gasteiger partial charge in [-0.2, -0.15) is 0 Å². The summed E-state index contributed by atoms with van der Waals surface area (Å²) in [5, 5.41) is 3.01. The molecule has 1 aromatic carbocycles. The molecule has 0 aliphatic heterocycles. The highest BCUT2D eigenvalue weighted by Crippen LogP contribution is 2.39. The van der Waals surface area contributed by atoms with Gasteiger partial charge < -0.3 is 15.5 Å². The van der Waals surface area contributed by atoms with Crippen LogP contribution in [0.4, 0.5) is 0 Å². The zero-order chi connectivity index (χ0) is 14.1. The van der Waals surface area contributed by atoms with Gasteiger partial charge in [-0.25, -0.2) is 0 Å². The van der Waals surface area contributed by atoms with Crippen LogP contribution in [0.5, 0.6) is 5.75 Å². The van der Waals surface area contributed by atoms with Crippen molar-refractivity contribution < 1.29 is 9.53 Å². The Hall–Kier alpha value is -1.92. The third-order valence-corrected chi connectivity index (χ3v) is 4.83. The molecule has 0 radical (unpaired) electrons. The molecule has 0 saturated carbocycles. The van der Waals surface area contributed by atoms with E-state index in [0.29, 0.717) is 5.69 Å². The quantitative estimate of drug-likeness (QED) is 0.775. The molecule has 0 unspecified atom stereocenters. The van der Waals surface area contributed by atoms with E-state index in [4.69, 9.17) is 10.5 Å². The summed E-state index contributed by atoms with van der Waals surface area (Å²) >= 11 is 3.06. The van der Waals surface area contributed by atoms with Crippen LogP contribution in [0, 0.1) is 0 Å². The number of thiophene rings is 1. The molecule has 0 spiro atoms. The van der Waals surface area contributed by atoms with Gasteiger partial charge in [0, 0.05) is 10.3 Å². The fourth-order valence-electron chi connectivity index (χ4n) is 1.95. The van der Waals surface area contributed by atoms with Crippen molar-refractivity contribution in [3.63, 3.8) is 0 Å². The van der Waals surface area contributed by atoms with Crippen molar-refractivity contribution in [1.29, 1.82) is 0 Å². The predicted molar refractivity (Wildman–Crippen MR) is 81.8 cm³/mol. The Morgan fingerprint density at radius 1 is 1.40 bits per heavy atom. The van der Waals surface area contributed by atoms with Crippen LogP contribution >= 0.6 is 23.1 Å². The zero-order valence-electron chi connectivity index (χ0n) is 10.7. The maximum atomic E-state index is 11.6. The smallest absolute Gasteiger partial charge is 0.266 e. The van der Waals surface area contributed by atoms with Crippen LogP contribution in [0.2, 0.25) is 0 Å². The molecule has 0 aliphatic rings. The van der Waals surface area contributed by atoms with E-state index in [1.165, 1.54) is 11.8 Å². The molecule has 3 N–H and O–H groups in total. The highest BCUT2D eigenvalue weighted by Gasteiger charge is 2.17. The van der Waals surface area contributed by atoms with Crippen LogP contribution in [0.25, 0.3) is 10.2 Å². The Morgan fingerprint density at radius 2 is 2.25 bits per heavy atom. The van der Waals surface area contributed by atoms with E-state index in [-0.39, 0.29) is 0 Å². The Morgan fingerprint density at radius 3 is 3.00 bits per heavy atom. The molecule has 0 atom stereocenters. The van der Waals surface area contributed by atoms with Gasteiger partial charge in [0.05, 0.1) is 12.0 Å². The molecular formula is C14H12N2O2S2. The number of amides is 1. The minimum Gasteiger partial charge on any atom is -0.497 e. The molecule has 20 heavy (non-hydrogen) atoms. The minimum atomic E-state index is -0.446. The summed E-state index contributed by atoms with van der Waals surface area (Å²) in [6, 6.07) is 9.70. The van der Waals surface area contributed by atoms with Crippen LogP contribution < -0.4 is 10.5 Å². The Kier molecular flexibility index (Phi) is 3.42. The molecule has 2 heterocycles. The predicted octanol–water partition coefficient (Wildman–Crippen LogP) is 3.49. The van der Waals surface area contributed by atoms with Crippen molar-refractivity contribution in [3.05, 3.63) is 41.4 Å². The molecule has 3 aromatic rings. The molecular weight excluding hydrogens is 292 g/mol. The number of carbonyl (C=O) groups excluding carboxylic acids is 1. The van der Waals surface area contributed by atoms with Crippen LogP contribution in [0.15, 0.2) is 45.5 Å². The molecule has 1 amide bonds. The largest absolute Gasteiger partial charge is 0.497 e. The lowest BCUT2D eigenvalue weighted by molar-refractivity contribution is 0.0993. The Labute approximate surface area is 123 Å². The maximum absolute atomic E-state index is 11.6. The molecule has 0 aliphatic carbocycles. The maximum Gasteiger partial charge on any atom is 0.266 e. The van der Waals surface area contributed by atoms with E-state index in [2.05, 4.69) is 4.98 Å². The fourth-order valence-corrected chi connectivity index (χ4v) is 3.91. The van der Waals surface area contributed by atoms with E-state index in [9.17, 15) is 4.79 Å². The molecule has 6 heteroatoms. The van der Waals surface area contributed by atoms with E-state index in [0.717, 1.165) is 25.8 Å². The van der Waals surface area contributed by atoms with Crippen molar-refractivity contribution in [1.82, 2.24) is 4.98 Å². The van der Waals surface area contributed by atoms with Gasteiger partial charge in [0.2, 0.25) is 0 Å². The fraction of sp³-hybridized carbons (Fsp3) is 0.0714. The van der Waals surface area contributed by atoms with Crippen LogP contribution in [-0.4, -0.2) is 18.0 Å². The van der Waals surface area contributed by atoms with E-state index in [1.54, 1.807) is 18.4 Å². The number of aromatic nitrogens is 1. The van der Waals surface area contributed by atoms with E-state index in [1.807, 2.05) is 35.7 Å². The summed E-state index contributed by atoms with van der Waals surface area (Å²) < 4.78 is 5.21. The minimum absolute atomic E-state index is 0.446. The first-order valence-electron chi connectivity index (χ1n) is 5.90. The highest BCUT2D eigenvalue weighted by atomic mass is 32.2. The van der Waals surface area contributed by atoms with Gasteiger partial charge in [-0.15, -0.1) is 11.3 Å². The Balaban J connectivity index is 2.06. The number of H-pyrrole nitrogens is 1. The normalized spacial score (nSPS) is 10.8. The summed E-state index contributed by atoms with van der Waals surface area (Å²) in [4.78, 5) is 17.5. The summed E-state index contributed by atoms with van der Waals surface area (Å²) in [6.45, 7) is 0. The van der Waals surface area contributed by atoms with Gasteiger partial charge in [-0.1, -0.05) is 17.8 Å². The lowest BCUT2D eigenvalue weighted by Crippen LogP contribution is -2.12.